The van der Waals surface area contributed by atoms with Gasteiger partial charge in [-0.05, 0) is 13.3 Å². The fourth-order valence-corrected chi connectivity index (χ4v) is 6.38. The molecule has 3 rings (SSSR count). The molecule has 14 heteroatoms. The molecule has 0 amide bonds. The number of ether oxygens (including phenoxy) is 1. The van der Waals surface area contributed by atoms with Gasteiger partial charge < -0.3 is 4.74 Å². The van der Waals surface area contributed by atoms with Crippen molar-refractivity contribution in [2.24, 2.45) is 0 Å². The predicted molar refractivity (Wildman–Crippen MR) is 90.0 cm³/mol. The third-order valence-corrected chi connectivity index (χ3v) is 7.87. The average Bonchev–Trinajstić information content (AvgIpc) is 2.75. The molecule has 0 heterocycles. The molecule has 0 saturated carbocycles. The second kappa shape index (κ2) is 8.83. The van der Waals surface area contributed by atoms with Crippen molar-refractivity contribution in [3.8, 4) is 5.75 Å². The van der Waals surface area contributed by atoms with E-state index in [1.807, 2.05) is 0 Å². The lowest BCUT2D eigenvalue weighted by Gasteiger charge is -2.20. The van der Waals surface area contributed by atoms with Crippen LogP contribution in [-0.2, 0) is 0 Å². The summed E-state index contributed by atoms with van der Waals surface area (Å²) >= 11 is -5.49. The second-order valence-corrected chi connectivity index (χ2v) is 9.00. The standard InChI is InChI=1S/C7H3F4O.2C6HF4.Al/c1-12-7-5(10)3(8)2-4(9)6(7)11;2*7-3-1-4(8)6(10)2-5(3)9;/h1H3;2*1H;. The molecule has 0 fully saturated rings. The van der Waals surface area contributed by atoms with Crippen LogP contribution >= 0.6 is 0 Å². The predicted octanol–water partition coefficient (Wildman–Crippen LogP) is 3.88. The highest BCUT2D eigenvalue weighted by molar-refractivity contribution is 6.95. The molecular weight excluding hydrogens is 499 g/mol. The SMILES string of the molecule is COc1c(F)c(F)[c]([Al]([c]2c(F)c(F)cc(F)c2F)[c]2c(F)c(F)cc(F)c2F)c(F)c1F. The normalized spacial score (nSPS) is 11.2. The van der Waals surface area contributed by atoms with Crippen molar-refractivity contribution in [1.29, 1.82) is 0 Å². The lowest BCUT2D eigenvalue weighted by molar-refractivity contribution is 0.335. The summed E-state index contributed by atoms with van der Waals surface area (Å²) in [6, 6.07) is -0.777. The van der Waals surface area contributed by atoms with Gasteiger partial charge in [0.05, 0.1) is 7.11 Å². The van der Waals surface area contributed by atoms with Crippen LogP contribution in [0.3, 0.4) is 0 Å². The summed E-state index contributed by atoms with van der Waals surface area (Å²) in [6.07, 6.45) is 0. The Hall–Kier alpha value is -2.85. The Morgan fingerprint density at radius 1 is 0.455 bits per heavy atom. The van der Waals surface area contributed by atoms with Crippen LogP contribution in [0.15, 0.2) is 12.1 Å². The Labute approximate surface area is 180 Å². The number of benzene rings is 3. The molecule has 1 nitrogen and oxygen atoms in total. The van der Waals surface area contributed by atoms with Gasteiger partial charge in [-0.25, -0.2) is 43.9 Å². The highest BCUT2D eigenvalue weighted by atomic mass is 27.2. The van der Waals surface area contributed by atoms with Crippen molar-refractivity contribution in [2.45, 2.75) is 0 Å². The number of rotatable bonds is 4. The zero-order valence-electron chi connectivity index (χ0n) is 15.7. The molecule has 0 bridgehead atoms. The summed E-state index contributed by atoms with van der Waals surface area (Å²) in [4.78, 5) is 0. The first kappa shape index (κ1) is 24.8. The lowest BCUT2D eigenvalue weighted by Crippen LogP contribution is -2.60. The van der Waals surface area contributed by atoms with Gasteiger partial charge in [0.1, 0.15) is 23.3 Å². The first-order valence-corrected chi connectivity index (χ1v) is 10.1. The fourth-order valence-electron chi connectivity index (χ4n) is 3.18. The summed E-state index contributed by atoms with van der Waals surface area (Å²) in [5, 5.41) is 0. The molecular formula is C19H5AlF12O. The van der Waals surface area contributed by atoms with Crippen LogP contribution in [-0.4, -0.2) is 21.3 Å². The van der Waals surface area contributed by atoms with Crippen LogP contribution < -0.4 is 18.0 Å². The van der Waals surface area contributed by atoms with E-state index in [1.165, 1.54) is 0 Å². The Bertz CT molecular complexity index is 1150. The van der Waals surface area contributed by atoms with Crippen LogP contribution in [0, 0.1) is 69.8 Å². The van der Waals surface area contributed by atoms with Gasteiger partial charge in [-0.15, -0.1) is 0 Å². The molecule has 0 aliphatic rings. The highest BCUT2D eigenvalue weighted by Crippen LogP contribution is 2.26. The summed E-state index contributed by atoms with van der Waals surface area (Å²) < 4.78 is 169. The van der Waals surface area contributed by atoms with Crippen LogP contribution in [0.1, 0.15) is 0 Å². The molecule has 0 saturated heterocycles. The van der Waals surface area contributed by atoms with Crippen molar-refractivity contribution >= 4 is 27.4 Å². The van der Waals surface area contributed by atoms with Gasteiger partial charge in [-0.1, -0.05) is 0 Å². The van der Waals surface area contributed by atoms with Gasteiger partial charge in [-0.3, -0.25) is 0 Å². The molecule has 0 aliphatic carbocycles. The highest BCUT2D eigenvalue weighted by Gasteiger charge is 2.45. The molecule has 0 aliphatic heterocycles. The fraction of sp³-hybridized carbons (Fsp3) is 0.0526. The van der Waals surface area contributed by atoms with Crippen LogP contribution in [0.5, 0.6) is 5.75 Å². The van der Waals surface area contributed by atoms with E-state index in [2.05, 4.69) is 4.74 Å². The van der Waals surface area contributed by atoms with E-state index in [1.54, 1.807) is 0 Å². The third kappa shape index (κ3) is 3.81. The van der Waals surface area contributed by atoms with Crippen molar-refractivity contribution in [3.63, 3.8) is 0 Å². The second-order valence-electron chi connectivity index (χ2n) is 6.40. The van der Waals surface area contributed by atoms with E-state index in [9.17, 15) is 52.7 Å². The van der Waals surface area contributed by atoms with E-state index in [0.717, 1.165) is 0 Å². The van der Waals surface area contributed by atoms with Crippen molar-refractivity contribution < 1.29 is 57.4 Å². The van der Waals surface area contributed by atoms with Crippen LogP contribution in [0.4, 0.5) is 52.7 Å². The monoisotopic (exact) mass is 504 g/mol. The Kier molecular flexibility index (Phi) is 6.63. The average molecular weight is 504 g/mol. The van der Waals surface area contributed by atoms with Gasteiger partial charge in [-0.2, -0.15) is 8.78 Å². The summed E-state index contributed by atoms with van der Waals surface area (Å²) in [5.41, 5.74) is 0. The topological polar surface area (TPSA) is 9.23 Å². The first-order chi connectivity index (χ1) is 15.3. The minimum Gasteiger partial charge on any atom is -0.491 e. The minimum absolute atomic E-state index is 0.388. The molecule has 33 heavy (non-hydrogen) atoms. The van der Waals surface area contributed by atoms with E-state index in [0.29, 0.717) is 7.11 Å². The van der Waals surface area contributed by atoms with Crippen molar-refractivity contribution in [1.82, 2.24) is 0 Å². The van der Waals surface area contributed by atoms with Gasteiger partial charge in [0.2, 0.25) is 11.6 Å². The van der Waals surface area contributed by atoms with Gasteiger partial charge in [0, 0.05) is 12.1 Å². The molecule has 0 unspecified atom stereocenters. The van der Waals surface area contributed by atoms with E-state index >= 15 is 0 Å². The maximum atomic E-state index is 14.7. The Morgan fingerprint density at radius 3 is 1.00 bits per heavy atom. The Morgan fingerprint density at radius 2 is 0.727 bits per heavy atom. The molecule has 0 radical (unpaired) electrons. The van der Waals surface area contributed by atoms with Crippen molar-refractivity contribution in [2.75, 3.05) is 7.11 Å². The molecule has 0 atom stereocenters. The van der Waals surface area contributed by atoms with Gasteiger partial charge in [0.25, 0.3) is 0 Å². The Balaban J connectivity index is 2.63. The summed E-state index contributed by atoms with van der Waals surface area (Å²) in [6.45, 7) is 0. The zero-order chi connectivity index (χ0) is 24.9. The molecule has 174 valence electrons. The van der Waals surface area contributed by atoms with Crippen molar-refractivity contribution in [3.05, 3.63) is 81.9 Å². The first-order valence-electron chi connectivity index (χ1n) is 8.40. The lowest BCUT2D eigenvalue weighted by atomic mass is 10.3. The minimum atomic E-state index is -5.49. The molecule has 0 N–H and O–H groups in total. The van der Waals surface area contributed by atoms with E-state index in [-0.39, 0.29) is 12.1 Å². The molecule has 0 spiro atoms. The summed E-state index contributed by atoms with van der Waals surface area (Å²) in [7, 11) is 0.553. The smallest absolute Gasteiger partial charge is 0.413 e. The summed E-state index contributed by atoms with van der Waals surface area (Å²) in [5.74, 6) is -30.3. The molecule has 3 aromatic carbocycles. The third-order valence-electron chi connectivity index (χ3n) is 4.62. The van der Waals surface area contributed by atoms with Crippen LogP contribution in [0.2, 0.25) is 0 Å². The van der Waals surface area contributed by atoms with Gasteiger partial charge >= 0.3 is 14.1 Å². The largest absolute Gasteiger partial charge is 0.491 e. The molecule has 0 aromatic heterocycles. The quantitative estimate of drug-likeness (QED) is 0.298. The number of methoxy groups -OCH3 is 1. The maximum absolute atomic E-state index is 14.7. The maximum Gasteiger partial charge on any atom is 0.413 e. The molecule has 3 aromatic rings. The van der Waals surface area contributed by atoms with E-state index in [4.69, 9.17) is 0 Å². The van der Waals surface area contributed by atoms with Crippen LogP contribution in [0.25, 0.3) is 0 Å². The van der Waals surface area contributed by atoms with Gasteiger partial charge in [0.15, 0.2) is 40.7 Å². The number of hydrogen-bond acceptors (Lipinski definition) is 1. The number of halogens is 12. The zero-order valence-corrected chi connectivity index (χ0v) is 16.8. The van der Waals surface area contributed by atoms with E-state index < -0.39 is 103 Å². The number of hydrogen-bond donors (Lipinski definition) is 0.